The van der Waals surface area contributed by atoms with Crippen molar-refractivity contribution in [3.63, 3.8) is 0 Å². The maximum absolute atomic E-state index is 10.8. The van der Waals surface area contributed by atoms with Crippen molar-refractivity contribution in [1.29, 1.82) is 0 Å². The van der Waals surface area contributed by atoms with E-state index in [9.17, 15) is 4.79 Å². The molecule has 0 aliphatic carbocycles. The van der Waals surface area contributed by atoms with Gasteiger partial charge in [-0.15, -0.1) is 0 Å². The van der Waals surface area contributed by atoms with Crippen LogP contribution < -0.4 is 0 Å². The normalized spacial score (nSPS) is 9.68. The third kappa shape index (κ3) is 8.38. The van der Waals surface area contributed by atoms with Crippen molar-refractivity contribution in [1.82, 2.24) is 0 Å². The molecule has 0 heterocycles. The Balaban J connectivity index is 0.000000356. The first-order valence-electron chi connectivity index (χ1n) is 5.85. The van der Waals surface area contributed by atoms with E-state index < -0.39 is 5.97 Å². The highest BCUT2D eigenvalue weighted by atomic mass is 16.5. The Bertz CT molecular complexity index is 467. The smallest absolute Gasteiger partial charge is 0.338 e. The van der Waals surface area contributed by atoms with Gasteiger partial charge in [-0.2, -0.15) is 0 Å². The predicted molar refractivity (Wildman–Crippen MR) is 81.4 cm³/mol. The molecule has 0 atom stereocenters. The Labute approximate surface area is 115 Å². The number of allylic oxidation sites excluding steroid dienone is 3. The van der Waals surface area contributed by atoms with Crippen molar-refractivity contribution in [3.05, 3.63) is 79.1 Å². The quantitative estimate of drug-likeness (QED) is 0.342. The predicted octanol–water partition coefficient (Wildman–Crippen LogP) is 4.53. The molecule has 1 aromatic carbocycles. The van der Waals surface area contributed by atoms with Gasteiger partial charge in [0.1, 0.15) is 5.76 Å². The van der Waals surface area contributed by atoms with E-state index in [1.54, 1.807) is 26.0 Å². The lowest BCUT2D eigenvalue weighted by Gasteiger charge is -2.01. The van der Waals surface area contributed by atoms with Crippen LogP contribution in [0.4, 0.5) is 0 Å². The van der Waals surface area contributed by atoms with Crippen LogP contribution in [-0.4, -0.2) is 5.97 Å². The highest BCUT2D eigenvalue weighted by Gasteiger charge is 2.02. The first-order valence-corrected chi connectivity index (χ1v) is 5.85. The minimum atomic E-state index is -0.402. The van der Waals surface area contributed by atoms with E-state index >= 15 is 0 Å². The van der Waals surface area contributed by atoms with Crippen molar-refractivity contribution in [2.24, 2.45) is 0 Å². The molecule has 0 aromatic heterocycles. The molecule has 0 fully saturated rings. The van der Waals surface area contributed by atoms with Gasteiger partial charge in [0.05, 0.1) is 0 Å². The van der Waals surface area contributed by atoms with Gasteiger partial charge in [-0.3, -0.25) is 0 Å². The number of hydrogen-bond acceptors (Lipinski definition) is 2. The van der Waals surface area contributed by atoms with Crippen molar-refractivity contribution in [2.75, 3.05) is 0 Å². The molecule has 0 aliphatic rings. The van der Waals surface area contributed by atoms with Gasteiger partial charge in [-0.25, -0.2) is 4.79 Å². The fourth-order valence-corrected chi connectivity index (χ4v) is 1.02. The Kier molecular flexibility index (Phi) is 8.46. The lowest BCUT2D eigenvalue weighted by molar-refractivity contribution is -0.134. The zero-order chi connectivity index (χ0) is 14.7. The van der Waals surface area contributed by atoms with Crippen LogP contribution in [0.2, 0.25) is 0 Å². The average Bonchev–Trinajstić information content (AvgIpc) is 2.40. The summed E-state index contributed by atoms with van der Waals surface area (Å²) in [4.78, 5) is 10.8. The second-order valence-corrected chi connectivity index (χ2v) is 3.80. The van der Waals surface area contributed by atoms with Crippen molar-refractivity contribution < 1.29 is 9.53 Å². The molecule has 0 spiro atoms. The molecule has 1 aromatic rings. The SMILES string of the molecule is C=C/C=C(/C)OC(=O)C(=C)C.C=Cc1ccccc1. The number of carbonyl (C=O) groups is 1. The number of ether oxygens (including phenoxy) is 1. The lowest BCUT2D eigenvalue weighted by atomic mass is 10.2. The molecule has 0 radical (unpaired) electrons. The molecule has 0 bridgehead atoms. The van der Waals surface area contributed by atoms with Crippen molar-refractivity contribution >= 4 is 12.0 Å². The molecule has 1 rings (SSSR count). The molecule has 100 valence electrons. The monoisotopic (exact) mass is 256 g/mol. The summed E-state index contributed by atoms with van der Waals surface area (Å²) in [7, 11) is 0. The van der Waals surface area contributed by atoms with E-state index in [4.69, 9.17) is 4.74 Å². The highest BCUT2D eigenvalue weighted by Crippen LogP contribution is 2.00. The average molecular weight is 256 g/mol. The molecular weight excluding hydrogens is 236 g/mol. The van der Waals surface area contributed by atoms with E-state index in [-0.39, 0.29) is 0 Å². The molecule has 0 saturated heterocycles. The van der Waals surface area contributed by atoms with Gasteiger partial charge >= 0.3 is 5.97 Å². The van der Waals surface area contributed by atoms with Gasteiger partial charge in [-0.05, 0) is 25.5 Å². The van der Waals surface area contributed by atoms with Crippen LogP contribution >= 0.6 is 0 Å². The van der Waals surface area contributed by atoms with Gasteiger partial charge in [0.25, 0.3) is 0 Å². The molecule has 0 unspecified atom stereocenters. The molecule has 0 N–H and O–H groups in total. The lowest BCUT2D eigenvalue weighted by Crippen LogP contribution is -2.02. The van der Waals surface area contributed by atoms with Crippen LogP contribution in [0.5, 0.6) is 0 Å². The summed E-state index contributed by atoms with van der Waals surface area (Å²) in [6.07, 6.45) is 5.00. The van der Waals surface area contributed by atoms with E-state index in [0.717, 1.165) is 0 Å². The van der Waals surface area contributed by atoms with Crippen LogP contribution in [0.3, 0.4) is 0 Å². The molecule has 0 amide bonds. The molecule has 19 heavy (non-hydrogen) atoms. The zero-order valence-corrected chi connectivity index (χ0v) is 11.6. The number of hydrogen-bond donors (Lipinski definition) is 0. The summed E-state index contributed by atoms with van der Waals surface area (Å²) in [6.45, 7) is 13.8. The minimum Gasteiger partial charge on any atom is -0.428 e. The number of benzene rings is 1. The van der Waals surface area contributed by atoms with Gasteiger partial charge < -0.3 is 4.74 Å². The second-order valence-electron chi connectivity index (χ2n) is 3.80. The molecule has 0 aliphatic heterocycles. The fraction of sp³-hybridized carbons (Fsp3) is 0.118. The number of esters is 1. The van der Waals surface area contributed by atoms with E-state index in [0.29, 0.717) is 11.3 Å². The molecular formula is C17H20O2. The first kappa shape index (κ1) is 16.7. The van der Waals surface area contributed by atoms with Crippen molar-refractivity contribution in [2.45, 2.75) is 13.8 Å². The van der Waals surface area contributed by atoms with Gasteiger partial charge in [0.2, 0.25) is 0 Å². The summed E-state index contributed by atoms with van der Waals surface area (Å²) in [5, 5.41) is 0. The van der Waals surface area contributed by atoms with E-state index in [2.05, 4.69) is 19.7 Å². The maximum atomic E-state index is 10.8. The third-order valence-corrected chi connectivity index (χ3v) is 1.99. The van der Waals surface area contributed by atoms with Gasteiger partial charge in [0.15, 0.2) is 0 Å². The summed E-state index contributed by atoms with van der Waals surface area (Å²) in [5.74, 6) is 0.119. The van der Waals surface area contributed by atoms with Gasteiger partial charge in [-0.1, -0.05) is 62.2 Å². The maximum Gasteiger partial charge on any atom is 0.338 e. The second kappa shape index (κ2) is 9.66. The van der Waals surface area contributed by atoms with E-state index in [1.165, 1.54) is 5.56 Å². The molecule has 0 saturated carbocycles. The summed E-state index contributed by atoms with van der Waals surface area (Å²) in [6, 6.07) is 10.0. The van der Waals surface area contributed by atoms with Crippen molar-refractivity contribution in [3.8, 4) is 0 Å². The Morgan fingerprint density at radius 1 is 1.16 bits per heavy atom. The first-order chi connectivity index (χ1) is 9.01. The Morgan fingerprint density at radius 3 is 2.11 bits per heavy atom. The fourth-order valence-electron chi connectivity index (χ4n) is 1.02. The third-order valence-electron chi connectivity index (χ3n) is 1.99. The van der Waals surface area contributed by atoms with Crippen LogP contribution in [0, 0.1) is 0 Å². The topological polar surface area (TPSA) is 26.3 Å². The minimum absolute atomic E-state index is 0.391. The van der Waals surface area contributed by atoms with Crippen LogP contribution in [0.25, 0.3) is 6.08 Å². The zero-order valence-electron chi connectivity index (χ0n) is 11.6. The van der Waals surface area contributed by atoms with Gasteiger partial charge in [0, 0.05) is 5.57 Å². The highest BCUT2D eigenvalue weighted by molar-refractivity contribution is 5.87. The molecule has 2 nitrogen and oxygen atoms in total. The van der Waals surface area contributed by atoms with Crippen LogP contribution in [0.15, 0.2) is 73.6 Å². The standard InChI is InChI=1S/C9H12O2.C8H8/c1-5-6-8(4)11-9(10)7(2)3;1-2-8-6-4-3-5-7-8/h5-6H,1-2H2,3-4H3;2-7H,1H2/b8-6-;. The summed E-state index contributed by atoms with van der Waals surface area (Å²) >= 11 is 0. The van der Waals surface area contributed by atoms with E-state index in [1.807, 2.05) is 36.4 Å². The summed E-state index contributed by atoms with van der Waals surface area (Å²) in [5.41, 5.74) is 1.56. The van der Waals surface area contributed by atoms with Crippen LogP contribution in [0.1, 0.15) is 19.4 Å². The Hall–Kier alpha value is -2.35. The summed E-state index contributed by atoms with van der Waals surface area (Å²) < 4.78 is 4.80. The largest absolute Gasteiger partial charge is 0.428 e. The number of rotatable bonds is 4. The Morgan fingerprint density at radius 2 is 1.74 bits per heavy atom. The number of carbonyl (C=O) groups excluding carboxylic acids is 1. The molecule has 2 heteroatoms. The van der Waals surface area contributed by atoms with Crippen LogP contribution in [-0.2, 0) is 9.53 Å².